The molecular weight excluding hydrogens is 340 g/mol. The quantitative estimate of drug-likeness (QED) is 0.628. The highest BCUT2D eigenvalue weighted by molar-refractivity contribution is 7.12. The standard InChI is InChI=1S/C18H18N2O2S2/c1-12-3-2-4-14(9-12)20-18(22)19-10-15-5-6-16(24-15)17(21)13-7-8-23-11-13/h2-9,11,17,21H,10H2,1H3,(H2,19,20,22). The molecule has 0 aliphatic rings. The van der Waals surface area contributed by atoms with Crippen LogP contribution in [0.3, 0.4) is 0 Å². The largest absolute Gasteiger partial charge is 0.383 e. The molecule has 3 rings (SSSR count). The van der Waals surface area contributed by atoms with Crippen molar-refractivity contribution in [1.29, 1.82) is 0 Å². The third-order valence-corrected chi connectivity index (χ3v) is 5.35. The molecule has 0 saturated heterocycles. The van der Waals surface area contributed by atoms with Crippen molar-refractivity contribution in [3.63, 3.8) is 0 Å². The molecule has 2 aromatic heterocycles. The molecule has 3 aromatic rings. The van der Waals surface area contributed by atoms with Crippen molar-refractivity contribution in [1.82, 2.24) is 5.32 Å². The second-order valence-corrected chi connectivity index (χ2v) is 7.42. The zero-order valence-electron chi connectivity index (χ0n) is 13.2. The fraction of sp³-hybridized carbons (Fsp3) is 0.167. The van der Waals surface area contributed by atoms with Crippen molar-refractivity contribution in [2.75, 3.05) is 5.32 Å². The van der Waals surface area contributed by atoms with Crippen LogP contribution in [0.5, 0.6) is 0 Å². The van der Waals surface area contributed by atoms with Crippen molar-refractivity contribution in [3.8, 4) is 0 Å². The van der Waals surface area contributed by atoms with Gasteiger partial charge in [-0.15, -0.1) is 11.3 Å². The van der Waals surface area contributed by atoms with Crippen molar-refractivity contribution in [2.24, 2.45) is 0 Å². The first-order valence-corrected chi connectivity index (χ1v) is 9.28. The Morgan fingerprint density at radius 2 is 2.12 bits per heavy atom. The van der Waals surface area contributed by atoms with Gasteiger partial charge < -0.3 is 15.7 Å². The number of nitrogens with one attached hydrogen (secondary N) is 2. The maximum atomic E-state index is 12.0. The van der Waals surface area contributed by atoms with Gasteiger partial charge in [-0.3, -0.25) is 0 Å². The van der Waals surface area contributed by atoms with Crippen LogP contribution in [0.2, 0.25) is 0 Å². The minimum atomic E-state index is -0.601. The van der Waals surface area contributed by atoms with Crippen LogP contribution in [0.1, 0.15) is 27.0 Å². The van der Waals surface area contributed by atoms with Crippen LogP contribution < -0.4 is 10.6 Å². The summed E-state index contributed by atoms with van der Waals surface area (Å²) >= 11 is 3.07. The van der Waals surface area contributed by atoms with E-state index in [0.717, 1.165) is 26.6 Å². The van der Waals surface area contributed by atoms with Gasteiger partial charge in [0, 0.05) is 15.4 Å². The number of aliphatic hydroxyl groups excluding tert-OH is 1. The van der Waals surface area contributed by atoms with E-state index in [-0.39, 0.29) is 6.03 Å². The van der Waals surface area contributed by atoms with E-state index in [1.807, 2.05) is 60.1 Å². The van der Waals surface area contributed by atoms with Gasteiger partial charge in [0.2, 0.25) is 0 Å². The SMILES string of the molecule is Cc1cccc(NC(=O)NCc2ccc(C(O)c3ccsc3)s2)c1. The number of aliphatic hydroxyl groups is 1. The zero-order chi connectivity index (χ0) is 16.9. The Morgan fingerprint density at radius 3 is 2.88 bits per heavy atom. The Morgan fingerprint density at radius 1 is 1.25 bits per heavy atom. The normalized spacial score (nSPS) is 11.9. The Kier molecular flexibility index (Phi) is 5.30. The molecule has 6 heteroatoms. The number of rotatable bonds is 5. The van der Waals surface area contributed by atoms with Crippen molar-refractivity contribution in [3.05, 3.63) is 74.1 Å². The summed E-state index contributed by atoms with van der Waals surface area (Å²) in [7, 11) is 0. The van der Waals surface area contributed by atoms with Gasteiger partial charge >= 0.3 is 6.03 Å². The lowest BCUT2D eigenvalue weighted by Crippen LogP contribution is -2.27. The van der Waals surface area contributed by atoms with Crippen LogP contribution in [-0.4, -0.2) is 11.1 Å². The van der Waals surface area contributed by atoms with Gasteiger partial charge in [-0.05, 0) is 59.1 Å². The molecule has 0 bridgehead atoms. The van der Waals surface area contributed by atoms with Crippen LogP contribution in [-0.2, 0) is 6.54 Å². The first-order chi connectivity index (χ1) is 11.6. The number of thiophene rings is 2. The highest BCUT2D eigenvalue weighted by atomic mass is 32.1. The number of carbonyl (C=O) groups excluding carboxylic acids is 1. The molecule has 2 amide bonds. The van der Waals surface area contributed by atoms with Gasteiger partial charge in [-0.2, -0.15) is 11.3 Å². The first-order valence-electron chi connectivity index (χ1n) is 7.52. The second-order valence-electron chi connectivity index (χ2n) is 5.44. The highest BCUT2D eigenvalue weighted by Gasteiger charge is 2.13. The number of benzene rings is 1. The molecule has 4 nitrogen and oxygen atoms in total. The summed E-state index contributed by atoms with van der Waals surface area (Å²) in [6, 6.07) is 13.2. The molecule has 0 radical (unpaired) electrons. The van der Waals surface area contributed by atoms with E-state index in [0.29, 0.717) is 6.54 Å². The molecule has 0 aliphatic heterocycles. The van der Waals surface area contributed by atoms with E-state index in [1.54, 1.807) is 11.3 Å². The number of urea groups is 1. The van der Waals surface area contributed by atoms with Gasteiger partial charge in [-0.1, -0.05) is 12.1 Å². The molecule has 0 fully saturated rings. The Labute approximate surface area is 148 Å². The third kappa shape index (κ3) is 4.23. The maximum Gasteiger partial charge on any atom is 0.319 e. The fourth-order valence-corrected chi connectivity index (χ4v) is 3.94. The topological polar surface area (TPSA) is 61.4 Å². The lowest BCUT2D eigenvalue weighted by atomic mass is 10.2. The molecule has 124 valence electrons. The van der Waals surface area contributed by atoms with Crippen molar-refractivity contribution in [2.45, 2.75) is 19.6 Å². The smallest absolute Gasteiger partial charge is 0.319 e. The maximum absolute atomic E-state index is 12.0. The summed E-state index contributed by atoms with van der Waals surface area (Å²) in [4.78, 5) is 13.8. The Hall–Kier alpha value is -2.15. The molecule has 1 aromatic carbocycles. The van der Waals surface area contributed by atoms with Gasteiger partial charge in [0.05, 0.1) is 6.54 Å². The minimum absolute atomic E-state index is 0.242. The van der Waals surface area contributed by atoms with E-state index in [4.69, 9.17) is 0 Å². The summed E-state index contributed by atoms with van der Waals surface area (Å²) in [5.41, 5.74) is 2.77. The molecule has 2 heterocycles. The average molecular weight is 358 g/mol. The van der Waals surface area contributed by atoms with Gasteiger partial charge in [0.1, 0.15) is 6.10 Å². The summed E-state index contributed by atoms with van der Waals surface area (Å²) in [5.74, 6) is 0. The molecular formula is C18H18N2O2S2. The zero-order valence-corrected chi connectivity index (χ0v) is 14.8. The fourth-order valence-electron chi connectivity index (χ4n) is 2.30. The van der Waals surface area contributed by atoms with Gasteiger partial charge in [0.25, 0.3) is 0 Å². The summed E-state index contributed by atoms with van der Waals surface area (Å²) < 4.78 is 0. The molecule has 24 heavy (non-hydrogen) atoms. The number of hydrogen-bond acceptors (Lipinski definition) is 4. The van der Waals surface area contributed by atoms with Gasteiger partial charge in [-0.25, -0.2) is 4.79 Å². The van der Waals surface area contributed by atoms with Crippen LogP contribution in [0.4, 0.5) is 10.5 Å². The van der Waals surface area contributed by atoms with Crippen molar-refractivity contribution >= 4 is 34.4 Å². The van der Waals surface area contributed by atoms with Crippen molar-refractivity contribution < 1.29 is 9.90 Å². The molecule has 1 atom stereocenters. The van der Waals surface area contributed by atoms with E-state index in [9.17, 15) is 9.90 Å². The first kappa shape index (κ1) is 16.7. The number of aryl methyl sites for hydroxylation is 1. The second kappa shape index (κ2) is 7.61. The monoisotopic (exact) mass is 358 g/mol. The predicted molar refractivity (Wildman–Crippen MR) is 99.7 cm³/mol. The molecule has 0 saturated carbocycles. The molecule has 3 N–H and O–H groups in total. The summed E-state index contributed by atoms with van der Waals surface area (Å²) in [6.45, 7) is 2.41. The molecule has 0 aliphatic carbocycles. The number of hydrogen-bond donors (Lipinski definition) is 3. The summed E-state index contributed by atoms with van der Waals surface area (Å²) in [5, 5.41) is 19.8. The average Bonchev–Trinajstić information content (AvgIpc) is 3.24. The van der Waals surface area contributed by atoms with E-state index in [1.165, 1.54) is 11.3 Å². The van der Waals surface area contributed by atoms with Crippen LogP contribution in [0, 0.1) is 6.92 Å². The minimum Gasteiger partial charge on any atom is -0.383 e. The third-order valence-electron chi connectivity index (χ3n) is 3.51. The molecule has 0 spiro atoms. The number of anilines is 1. The van der Waals surface area contributed by atoms with Gasteiger partial charge in [0.15, 0.2) is 0 Å². The van der Waals surface area contributed by atoms with Crippen LogP contribution in [0.25, 0.3) is 0 Å². The van der Waals surface area contributed by atoms with E-state index >= 15 is 0 Å². The Balaban J connectivity index is 1.54. The van der Waals surface area contributed by atoms with Crippen LogP contribution >= 0.6 is 22.7 Å². The van der Waals surface area contributed by atoms with E-state index in [2.05, 4.69) is 10.6 Å². The predicted octanol–water partition coefficient (Wildman–Crippen LogP) is 4.52. The highest BCUT2D eigenvalue weighted by Crippen LogP contribution is 2.29. The number of amides is 2. The molecule has 1 unspecified atom stereocenters. The van der Waals surface area contributed by atoms with E-state index < -0.39 is 6.10 Å². The number of carbonyl (C=O) groups is 1. The summed E-state index contributed by atoms with van der Waals surface area (Å²) in [6.07, 6.45) is -0.601. The Bertz CT molecular complexity index is 812. The lowest BCUT2D eigenvalue weighted by Gasteiger charge is -2.07. The van der Waals surface area contributed by atoms with Crippen LogP contribution in [0.15, 0.2) is 53.2 Å². The lowest BCUT2D eigenvalue weighted by molar-refractivity contribution is 0.224.